The number of rotatable bonds is 3. The van der Waals surface area contributed by atoms with Gasteiger partial charge in [-0.25, -0.2) is 0 Å². The summed E-state index contributed by atoms with van der Waals surface area (Å²) in [4.78, 5) is 14.8. The fourth-order valence-electron chi connectivity index (χ4n) is 4.62. The minimum atomic E-state index is 0.0811. The Morgan fingerprint density at radius 1 is 1.11 bits per heavy atom. The number of fused-ring (bicyclic) bond motifs is 1. The van der Waals surface area contributed by atoms with Crippen LogP contribution in [0.25, 0.3) is 0 Å². The summed E-state index contributed by atoms with van der Waals surface area (Å²) in [6.45, 7) is 7.99. The lowest BCUT2D eigenvalue weighted by atomic mass is 9.92. The van der Waals surface area contributed by atoms with Gasteiger partial charge in [0.2, 0.25) is 0 Å². The van der Waals surface area contributed by atoms with Gasteiger partial charge >= 0.3 is 0 Å². The molecule has 3 atom stereocenters. The van der Waals surface area contributed by atoms with Gasteiger partial charge < -0.3 is 9.80 Å². The molecule has 4 nitrogen and oxygen atoms in total. The van der Waals surface area contributed by atoms with Crippen molar-refractivity contribution < 1.29 is 0 Å². The maximum atomic E-state index is 5.10. The molecule has 0 bridgehead atoms. The van der Waals surface area contributed by atoms with Gasteiger partial charge in [-0.2, -0.15) is 0 Å². The quantitative estimate of drug-likeness (QED) is 0.782. The van der Waals surface area contributed by atoms with E-state index in [1.54, 1.807) is 0 Å². The van der Waals surface area contributed by atoms with E-state index in [0.29, 0.717) is 5.25 Å². The number of thioether (sulfide) groups is 1. The Labute approximate surface area is 165 Å². The molecule has 0 N–H and O–H groups in total. The molecule has 0 aliphatic carbocycles. The van der Waals surface area contributed by atoms with Crippen molar-refractivity contribution in [1.82, 2.24) is 9.88 Å². The third-order valence-corrected chi connectivity index (χ3v) is 7.03. The first-order chi connectivity index (χ1) is 13.2. The summed E-state index contributed by atoms with van der Waals surface area (Å²) < 4.78 is 0. The van der Waals surface area contributed by atoms with Crippen LogP contribution in [0.2, 0.25) is 0 Å². The fraction of sp³-hybridized carbons (Fsp3) is 0.455. The first kappa shape index (κ1) is 17.1. The molecule has 0 unspecified atom stereocenters. The SMILES string of the molecule is Cc1cc(N2CCCC2)ccc1[C@H]1[C@H](c2ccccn2)N=C2S[C@@H](C)CN21. The highest BCUT2D eigenvalue weighted by Gasteiger charge is 2.44. The zero-order chi connectivity index (χ0) is 18.4. The van der Waals surface area contributed by atoms with Crippen molar-refractivity contribution in [2.45, 2.75) is 44.0 Å². The Morgan fingerprint density at radius 3 is 2.70 bits per heavy atom. The average Bonchev–Trinajstić information content (AvgIpc) is 3.39. The number of aromatic nitrogens is 1. The van der Waals surface area contributed by atoms with Crippen LogP contribution >= 0.6 is 11.8 Å². The Bertz CT molecular complexity index is 860. The molecule has 5 heteroatoms. The van der Waals surface area contributed by atoms with Crippen LogP contribution in [0.15, 0.2) is 47.6 Å². The molecule has 5 rings (SSSR count). The zero-order valence-electron chi connectivity index (χ0n) is 16.0. The standard InChI is InChI=1S/C22H26N4S/c1-15-13-17(25-11-5-6-12-25)8-9-18(15)21-20(19-7-3-4-10-23-19)24-22-26(21)14-16(2)27-22/h3-4,7-10,13,16,20-21H,5-6,11-12,14H2,1-2H3/t16-,20-,21-/m0/s1. The number of anilines is 1. The molecule has 1 aromatic carbocycles. The minimum absolute atomic E-state index is 0.0811. The second-order valence-electron chi connectivity index (χ2n) is 7.87. The van der Waals surface area contributed by atoms with Crippen LogP contribution in [0.3, 0.4) is 0 Å². The smallest absolute Gasteiger partial charge is 0.160 e. The number of nitrogens with zero attached hydrogens (tertiary/aromatic N) is 4. The lowest BCUT2D eigenvalue weighted by molar-refractivity contribution is 0.320. The maximum Gasteiger partial charge on any atom is 0.160 e. The molecule has 0 amide bonds. The van der Waals surface area contributed by atoms with Crippen LogP contribution in [0.1, 0.15) is 48.7 Å². The van der Waals surface area contributed by atoms with Crippen LogP contribution in [0.4, 0.5) is 5.69 Å². The first-order valence-corrected chi connectivity index (χ1v) is 10.9. The van der Waals surface area contributed by atoms with Gasteiger partial charge in [0.25, 0.3) is 0 Å². The molecule has 3 aliphatic rings. The van der Waals surface area contributed by atoms with E-state index < -0.39 is 0 Å². The molecule has 2 saturated heterocycles. The summed E-state index contributed by atoms with van der Waals surface area (Å²) in [7, 11) is 0. The fourth-order valence-corrected chi connectivity index (χ4v) is 5.71. The predicted molar refractivity (Wildman–Crippen MR) is 114 cm³/mol. The second kappa shape index (κ2) is 6.86. The van der Waals surface area contributed by atoms with Crippen LogP contribution in [0.5, 0.6) is 0 Å². The molecule has 2 fully saturated rings. The molecule has 0 saturated carbocycles. The van der Waals surface area contributed by atoms with Gasteiger partial charge in [0.05, 0.1) is 11.7 Å². The summed E-state index contributed by atoms with van der Waals surface area (Å²) in [5.74, 6) is 0. The largest absolute Gasteiger partial charge is 0.372 e. The second-order valence-corrected chi connectivity index (χ2v) is 9.28. The number of amidine groups is 1. The summed E-state index contributed by atoms with van der Waals surface area (Å²) in [5.41, 5.74) is 5.19. The third-order valence-electron chi connectivity index (χ3n) is 5.92. The van der Waals surface area contributed by atoms with Gasteiger partial charge in [-0.3, -0.25) is 9.98 Å². The van der Waals surface area contributed by atoms with Gasteiger partial charge in [0, 0.05) is 36.8 Å². The Kier molecular flexibility index (Phi) is 4.35. The molecule has 4 heterocycles. The van der Waals surface area contributed by atoms with Gasteiger partial charge in [-0.05, 0) is 55.2 Å². The van der Waals surface area contributed by atoms with Crippen molar-refractivity contribution >= 4 is 22.6 Å². The van der Waals surface area contributed by atoms with Crippen molar-refractivity contribution in [2.24, 2.45) is 4.99 Å². The summed E-state index contributed by atoms with van der Waals surface area (Å²) in [5, 5.41) is 1.78. The lowest BCUT2D eigenvalue weighted by Gasteiger charge is -2.29. The normalized spacial score (nSPS) is 27.2. The third kappa shape index (κ3) is 3.02. The van der Waals surface area contributed by atoms with Gasteiger partial charge in [0.1, 0.15) is 6.04 Å². The van der Waals surface area contributed by atoms with E-state index in [-0.39, 0.29) is 12.1 Å². The highest BCUT2D eigenvalue weighted by atomic mass is 32.2. The minimum Gasteiger partial charge on any atom is -0.372 e. The van der Waals surface area contributed by atoms with Crippen molar-refractivity contribution in [1.29, 1.82) is 0 Å². The molecular formula is C22H26N4S. The monoisotopic (exact) mass is 378 g/mol. The Morgan fingerprint density at radius 2 is 1.96 bits per heavy atom. The average molecular weight is 379 g/mol. The Balaban J connectivity index is 1.53. The van der Waals surface area contributed by atoms with Gasteiger partial charge in [0.15, 0.2) is 5.17 Å². The van der Waals surface area contributed by atoms with Crippen LogP contribution < -0.4 is 4.90 Å². The van der Waals surface area contributed by atoms with E-state index >= 15 is 0 Å². The highest BCUT2D eigenvalue weighted by molar-refractivity contribution is 8.14. The molecule has 3 aliphatic heterocycles. The molecule has 0 radical (unpaired) electrons. The number of aliphatic imine (C=N–C) groups is 1. The van der Waals surface area contributed by atoms with E-state index in [0.717, 1.165) is 12.2 Å². The van der Waals surface area contributed by atoms with Crippen LogP contribution in [0, 0.1) is 6.92 Å². The van der Waals surface area contributed by atoms with E-state index in [1.807, 2.05) is 24.0 Å². The first-order valence-electron chi connectivity index (χ1n) is 9.98. The van der Waals surface area contributed by atoms with E-state index in [2.05, 4.69) is 59.0 Å². The Hall–Kier alpha value is -2.01. The predicted octanol–water partition coefficient (Wildman–Crippen LogP) is 4.58. The summed E-state index contributed by atoms with van der Waals surface area (Å²) in [6.07, 6.45) is 4.51. The number of pyridine rings is 1. The van der Waals surface area contributed by atoms with Crippen molar-refractivity contribution in [2.75, 3.05) is 24.5 Å². The van der Waals surface area contributed by atoms with Crippen molar-refractivity contribution in [3.05, 3.63) is 59.4 Å². The van der Waals surface area contributed by atoms with E-state index in [9.17, 15) is 0 Å². The van der Waals surface area contributed by atoms with Crippen LogP contribution in [-0.4, -0.2) is 39.9 Å². The molecule has 140 valence electrons. The number of aryl methyl sites for hydroxylation is 1. The number of benzene rings is 1. The highest BCUT2D eigenvalue weighted by Crippen LogP contribution is 2.48. The number of hydrogen-bond donors (Lipinski definition) is 0. The van der Waals surface area contributed by atoms with Crippen LogP contribution in [-0.2, 0) is 0 Å². The van der Waals surface area contributed by atoms with Crippen molar-refractivity contribution in [3.8, 4) is 0 Å². The molecular weight excluding hydrogens is 352 g/mol. The van der Waals surface area contributed by atoms with Gasteiger partial charge in [-0.15, -0.1) is 0 Å². The lowest BCUT2D eigenvalue weighted by Crippen LogP contribution is -2.29. The van der Waals surface area contributed by atoms with Crippen molar-refractivity contribution in [3.63, 3.8) is 0 Å². The molecule has 0 spiro atoms. The summed E-state index contributed by atoms with van der Waals surface area (Å²) in [6, 6.07) is 13.5. The molecule has 2 aromatic rings. The maximum absolute atomic E-state index is 5.10. The summed E-state index contributed by atoms with van der Waals surface area (Å²) >= 11 is 1.90. The number of hydrogen-bond acceptors (Lipinski definition) is 5. The topological polar surface area (TPSA) is 31.7 Å². The zero-order valence-corrected chi connectivity index (χ0v) is 16.8. The molecule has 1 aromatic heterocycles. The molecule has 27 heavy (non-hydrogen) atoms. The van der Waals surface area contributed by atoms with E-state index in [4.69, 9.17) is 4.99 Å². The van der Waals surface area contributed by atoms with E-state index in [1.165, 1.54) is 47.9 Å². The van der Waals surface area contributed by atoms with Gasteiger partial charge in [-0.1, -0.05) is 30.8 Å².